The summed E-state index contributed by atoms with van der Waals surface area (Å²) in [5.41, 5.74) is 1.04. The maximum atomic E-state index is 13.4. The molecule has 0 unspecified atom stereocenters. The molecule has 0 saturated carbocycles. The van der Waals surface area contributed by atoms with Crippen LogP contribution in [0.25, 0.3) is 5.69 Å². The van der Waals surface area contributed by atoms with Crippen molar-refractivity contribution in [3.63, 3.8) is 0 Å². The van der Waals surface area contributed by atoms with Crippen LogP contribution in [0, 0.1) is 22.6 Å². The van der Waals surface area contributed by atoms with Crippen molar-refractivity contribution in [3.8, 4) is 17.5 Å². The van der Waals surface area contributed by atoms with Gasteiger partial charge in [-0.05, 0) is 60.0 Å². The number of nitriles is 1. The molecule has 0 saturated heterocycles. The number of carbonyl (C=O) groups is 2. The van der Waals surface area contributed by atoms with Crippen LogP contribution in [-0.2, 0) is 4.79 Å². The minimum atomic E-state index is -1.21. The van der Waals surface area contributed by atoms with Gasteiger partial charge in [0.25, 0.3) is 5.91 Å². The lowest BCUT2D eigenvalue weighted by atomic mass is 9.98. The van der Waals surface area contributed by atoms with Crippen molar-refractivity contribution in [2.24, 2.45) is 5.41 Å². The first-order valence-corrected chi connectivity index (χ1v) is 10.2. The molecule has 8 heteroatoms. The Labute approximate surface area is 198 Å². The van der Waals surface area contributed by atoms with Gasteiger partial charge in [0.1, 0.15) is 29.9 Å². The fourth-order valence-corrected chi connectivity index (χ4v) is 3.13. The number of anilines is 1. The van der Waals surface area contributed by atoms with Gasteiger partial charge in [0.15, 0.2) is 0 Å². The number of ether oxygens (including phenoxy) is 1. The van der Waals surface area contributed by atoms with E-state index in [1.807, 2.05) is 26.8 Å². The van der Waals surface area contributed by atoms with E-state index in [0.29, 0.717) is 18.0 Å². The zero-order valence-corrected chi connectivity index (χ0v) is 18.6. The van der Waals surface area contributed by atoms with Crippen molar-refractivity contribution in [2.45, 2.75) is 28.2 Å². The fourth-order valence-electron chi connectivity index (χ4n) is 3.13. The van der Waals surface area contributed by atoms with Gasteiger partial charge in [-0.15, -0.1) is 0 Å². The number of rotatable bonds is 7. The number of aliphatic carboxylic acids is 1. The molecule has 34 heavy (non-hydrogen) atoms. The van der Waals surface area contributed by atoms with E-state index in [4.69, 9.17) is 4.74 Å². The highest BCUT2D eigenvalue weighted by Crippen LogP contribution is 2.28. The number of benzene rings is 2. The molecular formula is C26H28FN3O4. The zero-order valence-electron chi connectivity index (χ0n) is 18.6. The van der Waals surface area contributed by atoms with Gasteiger partial charge < -0.3 is 14.4 Å². The Morgan fingerprint density at radius 2 is 1.82 bits per heavy atom. The van der Waals surface area contributed by atoms with Gasteiger partial charge >= 0.3 is 5.97 Å². The maximum absolute atomic E-state index is 13.4. The number of amides is 1. The van der Waals surface area contributed by atoms with Crippen LogP contribution in [-0.4, -0.2) is 34.7 Å². The molecule has 1 amide bonds. The highest BCUT2D eigenvalue weighted by atomic mass is 19.1. The van der Waals surface area contributed by atoms with Gasteiger partial charge in [-0.2, -0.15) is 5.26 Å². The number of aromatic nitrogens is 1. The van der Waals surface area contributed by atoms with Gasteiger partial charge in [-0.3, -0.25) is 14.5 Å². The van der Waals surface area contributed by atoms with E-state index in [1.165, 1.54) is 30.3 Å². The SMILES string of the molecule is C.CC(C)(C)COc1ccc(N(CC(=O)O)C(=O)c2cccn2-c2ccc(F)cc2)cc1C#N. The minimum absolute atomic E-state index is 0. The van der Waals surface area contributed by atoms with Crippen LogP contribution in [0.5, 0.6) is 5.75 Å². The normalized spacial score (nSPS) is 10.7. The lowest BCUT2D eigenvalue weighted by Gasteiger charge is -2.23. The Balaban J connectivity index is 0.00000408. The van der Waals surface area contributed by atoms with Crippen LogP contribution < -0.4 is 9.64 Å². The van der Waals surface area contributed by atoms with E-state index in [1.54, 1.807) is 35.0 Å². The van der Waals surface area contributed by atoms with Crippen LogP contribution in [0.1, 0.15) is 44.2 Å². The van der Waals surface area contributed by atoms with Crippen molar-refractivity contribution in [1.82, 2.24) is 4.57 Å². The predicted octanol–water partition coefficient (Wildman–Crippen LogP) is 5.28. The summed E-state index contributed by atoms with van der Waals surface area (Å²) in [6.07, 6.45) is 1.63. The molecule has 0 spiro atoms. The molecule has 0 atom stereocenters. The van der Waals surface area contributed by atoms with Crippen molar-refractivity contribution in [1.29, 1.82) is 5.26 Å². The van der Waals surface area contributed by atoms with Crippen LogP contribution in [0.3, 0.4) is 0 Å². The third-order valence-electron chi connectivity index (χ3n) is 4.67. The Kier molecular flexibility index (Phi) is 8.20. The average Bonchev–Trinajstić information content (AvgIpc) is 3.25. The van der Waals surface area contributed by atoms with Crippen LogP contribution in [0.2, 0.25) is 0 Å². The van der Waals surface area contributed by atoms with E-state index >= 15 is 0 Å². The molecule has 0 radical (unpaired) electrons. The number of carbonyl (C=O) groups excluding carboxylic acids is 1. The minimum Gasteiger partial charge on any atom is -0.492 e. The Hall–Kier alpha value is -4.12. The topological polar surface area (TPSA) is 95.6 Å². The second kappa shape index (κ2) is 10.7. The molecule has 1 aromatic heterocycles. The number of hydrogen-bond acceptors (Lipinski definition) is 4. The highest BCUT2D eigenvalue weighted by molar-refractivity contribution is 6.07. The van der Waals surface area contributed by atoms with E-state index in [0.717, 1.165) is 4.90 Å². The fraction of sp³-hybridized carbons (Fsp3) is 0.269. The quantitative estimate of drug-likeness (QED) is 0.512. The first-order chi connectivity index (χ1) is 15.6. The molecule has 3 rings (SSSR count). The summed E-state index contributed by atoms with van der Waals surface area (Å²) in [6, 6.07) is 15.3. The Bertz CT molecular complexity index is 1200. The first-order valence-electron chi connectivity index (χ1n) is 10.2. The summed E-state index contributed by atoms with van der Waals surface area (Å²) in [4.78, 5) is 26.0. The van der Waals surface area contributed by atoms with E-state index in [9.17, 15) is 24.3 Å². The highest BCUT2D eigenvalue weighted by Gasteiger charge is 2.24. The van der Waals surface area contributed by atoms with Gasteiger partial charge in [0.05, 0.1) is 12.2 Å². The molecule has 0 aliphatic carbocycles. The number of hydrogen-bond donors (Lipinski definition) is 1. The van der Waals surface area contributed by atoms with Crippen molar-refractivity contribution >= 4 is 17.6 Å². The van der Waals surface area contributed by atoms with Crippen LogP contribution >= 0.6 is 0 Å². The Morgan fingerprint density at radius 3 is 2.41 bits per heavy atom. The third-order valence-corrected chi connectivity index (χ3v) is 4.67. The molecule has 2 aromatic carbocycles. The summed E-state index contributed by atoms with van der Waals surface area (Å²) < 4.78 is 20.6. The molecule has 1 heterocycles. The molecule has 0 fully saturated rings. The molecule has 178 valence electrons. The van der Waals surface area contributed by atoms with Crippen LogP contribution in [0.15, 0.2) is 60.8 Å². The van der Waals surface area contributed by atoms with Gasteiger partial charge in [0.2, 0.25) is 0 Å². The van der Waals surface area contributed by atoms with Crippen molar-refractivity contribution in [2.75, 3.05) is 18.1 Å². The molecule has 0 aliphatic rings. The average molecular weight is 466 g/mol. The zero-order chi connectivity index (χ0) is 24.2. The summed E-state index contributed by atoms with van der Waals surface area (Å²) in [7, 11) is 0. The van der Waals surface area contributed by atoms with E-state index in [-0.39, 0.29) is 29.8 Å². The lowest BCUT2D eigenvalue weighted by Crippen LogP contribution is -2.36. The second-order valence-corrected chi connectivity index (χ2v) is 8.67. The molecular weight excluding hydrogens is 437 g/mol. The van der Waals surface area contributed by atoms with Crippen molar-refractivity contribution < 1.29 is 23.8 Å². The van der Waals surface area contributed by atoms with Gasteiger partial charge in [-0.25, -0.2) is 4.39 Å². The summed E-state index contributed by atoms with van der Waals surface area (Å²) in [5.74, 6) is -1.86. The molecule has 1 N–H and O–H groups in total. The number of nitrogens with zero attached hydrogens (tertiary/aromatic N) is 3. The molecule has 3 aromatic rings. The number of carboxylic acids is 1. The van der Waals surface area contributed by atoms with Crippen molar-refractivity contribution in [3.05, 3.63) is 77.9 Å². The smallest absolute Gasteiger partial charge is 0.323 e. The summed E-state index contributed by atoms with van der Waals surface area (Å²) in [6.45, 7) is 5.76. The Morgan fingerprint density at radius 1 is 1.15 bits per heavy atom. The number of halogens is 1. The summed E-state index contributed by atoms with van der Waals surface area (Å²) in [5, 5.41) is 19.0. The number of carboxylic acid groups (broad SMARTS) is 1. The molecule has 0 bridgehead atoms. The predicted molar refractivity (Wildman–Crippen MR) is 128 cm³/mol. The molecule has 0 aliphatic heterocycles. The largest absolute Gasteiger partial charge is 0.492 e. The standard InChI is InChI=1S/C25H24FN3O4.CH4/c1-25(2,3)16-33-22-11-10-20(13-17(22)14-27)29(15-23(30)31)24(32)21-5-4-12-28(21)19-8-6-18(26)7-9-19;/h4-13H,15-16H2,1-3H3,(H,30,31);1H4. The van der Waals surface area contributed by atoms with E-state index in [2.05, 4.69) is 0 Å². The van der Waals surface area contributed by atoms with E-state index < -0.39 is 24.2 Å². The third kappa shape index (κ3) is 6.23. The van der Waals surface area contributed by atoms with Gasteiger partial charge in [-0.1, -0.05) is 28.2 Å². The van der Waals surface area contributed by atoms with Crippen LogP contribution in [0.4, 0.5) is 10.1 Å². The summed E-state index contributed by atoms with van der Waals surface area (Å²) >= 11 is 0. The maximum Gasteiger partial charge on any atom is 0.323 e. The second-order valence-electron chi connectivity index (χ2n) is 8.67. The molecule has 7 nitrogen and oxygen atoms in total. The lowest BCUT2D eigenvalue weighted by molar-refractivity contribution is -0.135. The van der Waals surface area contributed by atoms with Gasteiger partial charge in [0, 0.05) is 17.6 Å². The first kappa shape index (κ1) is 26.1. The monoisotopic (exact) mass is 465 g/mol.